The third-order valence-corrected chi connectivity index (χ3v) is 6.51. The monoisotopic (exact) mass is 444 g/mol. The average Bonchev–Trinajstić information content (AvgIpc) is 2.73. The van der Waals surface area contributed by atoms with Crippen molar-refractivity contribution in [1.29, 1.82) is 5.26 Å². The van der Waals surface area contributed by atoms with Crippen molar-refractivity contribution in [1.82, 2.24) is 4.90 Å². The minimum atomic E-state index is -4.07. The van der Waals surface area contributed by atoms with Crippen LogP contribution in [0.2, 0.25) is 0 Å². The number of halogens is 3. The lowest BCUT2D eigenvalue weighted by Crippen LogP contribution is -2.36. The molecule has 2 aromatic rings. The van der Waals surface area contributed by atoms with Crippen LogP contribution in [0.5, 0.6) is 0 Å². The van der Waals surface area contributed by atoms with Crippen LogP contribution in [0.15, 0.2) is 54.6 Å². The molecule has 0 saturated heterocycles. The summed E-state index contributed by atoms with van der Waals surface area (Å²) >= 11 is 0. The number of likely N-dealkylation sites (N-methyl/N-ethyl adjacent to an activating group) is 1. The van der Waals surface area contributed by atoms with Crippen molar-refractivity contribution in [3.63, 3.8) is 0 Å². The molecule has 32 heavy (non-hydrogen) atoms. The number of nitriles is 1. The fourth-order valence-electron chi connectivity index (χ4n) is 4.39. The van der Waals surface area contributed by atoms with Gasteiger partial charge in [0.25, 0.3) is 0 Å². The summed E-state index contributed by atoms with van der Waals surface area (Å²) in [6.45, 7) is 7.96. The van der Waals surface area contributed by atoms with Gasteiger partial charge in [0.15, 0.2) is 0 Å². The molecule has 1 aliphatic carbocycles. The Morgan fingerprint density at radius 2 is 1.59 bits per heavy atom. The van der Waals surface area contributed by atoms with Gasteiger partial charge in [-0.1, -0.05) is 61.5 Å². The van der Waals surface area contributed by atoms with Gasteiger partial charge in [0.1, 0.15) is 0 Å². The fourth-order valence-corrected chi connectivity index (χ4v) is 4.39. The van der Waals surface area contributed by atoms with E-state index in [1.165, 1.54) is 18.1 Å². The third-order valence-electron chi connectivity index (χ3n) is 6.51. The van der Waals surface area contributed by atoms with E-state index in [9.17, 15) is 13.2 Å². The molecule has 0 N–H and O–H groups in total. The van der Waals surface area contributed by atoms with Gasteiger partial charge in [0.05, 0.1) is 12.0 Å². The highest BCUT2D eigenvalue weighted by molar-refractivity contribution is 5.28. The Balaban J connectivity index is 0.00000114. The standard InChI is InChI=1S/C25H32F3N.C2H3N/c1-3-29(18-17-20-7-5-4-6-8-20)19(2)9-10-21-11-13-22(14-12-21)23-15-16-24(23)25(26,27)28;1-2-3/h4-8,11-14,19,23-24H,3,9-10,15-18H2,1-2H3;1H3. The van der Waals surface area contributed by atoms with Crippen molar-refractivity contribution < 1.29 is 13.2 Å². The van der Waals surface area contributed by atoms with Crippen LogP contribution >= 0.6 is 0 Å². The quantitative estimate of drug-likeness (QED) is 0.410. The van der Waals surface area contributed by atoms with Crippen LogP contribution in [-0.2, 0) is 12.8 Å². The Morgan fingerprint density at radius 3 is 2.09 bits per heavy atom. The fraction of sp³-hybridized carbons (Fsp3) is 0.519. The molecule has 1 fully saturated rings. The van der Waals surface area contributed by atoms with E-state index in [0.717, 1.165) is 37.9 Å². The first kappa shape index (κ1) is 25.9. The van der Waals surface area contributed by atoms with Crippen molar-refractivity contribution in [3.8, 4) is 6.07 Å². The minimum Gasteiger partial charge on any atom is -0.301 e. The molecule has 3 atom stereocenters. The van der Waals surface area contributed by atoms with Gasteiger partial charge in [-0.15, -0.1) is 0 Å². The number of hydrogen-bond acceptors (Lipinski definition) is 2. The molecule has 0 spiro atoms. The van der Waals surface area contributed by atoms with Gasteiger partial charge in [-0.2, -0.15) is 18.4 Å². The smallest absolute Gasteiger partial charge is 0.301 e. The normalized spacial score (nSPS) is 18.8. The molecule has 0 amide bonds. The number of hydrogen-bond donors (Lipinski definition) is 0. The van der Waals surface area contributed by atoms with Crippen molar-refractivity contribution in [2.24, 2.45) is 5.92 Å². The first-order valence-corrected chi connectivity index (χ1v) is 11.5. The second-order valence-electron chi connectivity index (χ2n) is 8.55. The summed E-state index contributed by atoms with van der Waals surface area (Å²) in [6.07, 6.45) is -0.0974. The predicted molar refractivity (Wildman–Crippen MR) is 124 cm³/mol. The molecule has 1 aliphatic rings. The zero-order valence-electron chi connectivity index (χ0n) is 19.4. The maximum absolute atomic E-state index is 13.0. The Hall–Kier alpha value is -2.32. The molecule has 174 valence electrons. The van der Waals surface area contributed by atoms with Crippen molar-refractivity contribution in [3.05, 3.63) is 71.3 Å². The summed E-state index contributed by atoms with van der Waals surface area (Å²) in [6, 6.07) is 20.6. The molecular formula is C27H35F3N2. The molecule has 1 saturated carbocycles. The van der Waals surface area contributed by atoms with Crippen LogP contribution in [0.1, 0.15) is 62.6 Å². The zero-order valence-corrected chi connectivity index (χ0v) is 19.4. The van der Waals surface area contributed by atoms with Crippen LogP contribution in [0.25, 0.3) is 0 Å². The summed E-state index contributed by atoms with van der Waals surface area (Å²) < 4.78 is 39.0. The van der Waals surface area contributed by atoms with Crippen LogP contribution in [0.3, 0.4) is 0 Å². The van der Waals surface area contributed by atoms with E-state index in [0.29, 0.717) is 12.5 Å². The van der Waals surface area contributed by atoms with Crippen molar-refractivity contribution in [2.45, 2.75) is 71.0 Å². The second kappa shape index (κ2) is 12.6. The van der Waals surface area contributed by atoms with Gasteiger partial charge in [-0.05, 0) is 68.2 Å². The maximum Gasteiger partial charge on any atom is 0.392 e. The Labute approximate surface area is 191 Å². The molecule has 3 rings (SSSR count). The number of nitrogens with zero attached hydrogens (tertiary/aromatic N) is 2. The lowest BCUT2D eigenvalue weighted by Gasteiger charge is -2.38. The molecular weight excluding hydrogens is 409 g/mol. The highest BCUT2D eigenvalue weighted by atomic mass is 19.4. The van der Waals surface area contributed by atoms with Gasteiger partial charge in [0, 0.05) is 19.5 Å². The SMILES string of the molecule is CC#N.CCN(CCc1ccccc1)C(C)CCc1ccc(C2CCC2C(F)(F)F)cc1. The second-order valence-corrected chi connectivity index (χ2v) is 8.55. The highest BCUT2D eigenvalue weighted by Gasteiger charge is 2.50. The van der Waals surface area contributed by atoms with Gasteiger partial charge in [0.2, 0.25) is 0 Å². The lowest BCUT2D eigenvalue weighted by molar-refractivity contribution is -0.200. The van der Waals surface area contributed by atoms with Gasteiger partial charge in [-0.25, -0.2) is 0 Å². The van der Waals surface area contributed by atoms with Crippen LogP contribution in [0, 0.1) is 17.2 Å². The average molecular weight is 445 g/mol. The molecule has 5 heteroatoms. The van der Waals surface area contributed by atoms with E-state index in [1.807, 2.05) is 30.3 Å². The number of rotatable bonds is 9. The van der Waals surface area contributed by atoms with Gasteiger partial charge < -0.3 is 4.90 Å². The Kier molecular flexibility index (Phi) is 10.3. The number of benzene rings is 2. The van der Waals surface area contributed by atoms with Gasteiger partial charge >= 0.3 is 6.18 Å². The number of aryl methyl sites for hydroxylation is 1. The molecule has 2 aromatic carbocycles. The molecule has 0 aromatic heterocycles. The molecule has 3 unspecified atom stereocenters. The van der Waals surface area contributed by atoms with Crippen LogP contribution < -0.4 is 0 Å². The third kappa shape index (κ3) is 7.67. The summed E-state index contributed by atoms with van der Waals surface area (Å²) in [7, 11) is 0. The van der Waals surface area contributed by atoms with Crippen molar-refractivity contribution >= 4 is 0 Å². The molecule has 0 aliphatic heterocycles. The summed E-state index contributed by atoms with van der Waals surface area (Å²) in [5, 5.41) is 7.32. The number of alkyl halides is 3. The molecule has 2 nitrogen and oxygen atoms in total. The molecule has 0 bridgehead atoms. The molecule has 0 heterocycles. The Morgan fingerprint density at radius 1 is 1.00 bits per heavy atom. The zero-order chi connectivity index (χ0) is 23.6. The van der Waals surface area contributed by atoms with Crippen molar-refractivity contribution in [2.75, 3.05) is 13.1 Å². The predicted octanol–water partition coefficient (Wildman–Crippen LogP) is 7.16. The maximum atomic E-state index is 13.0. The summed E-state index contributed by atoms with van der Waals surface area (Å²) in [5.74, 6) is -1.51. The van der Waals surface area contributed by atoms with E-state index >= 15 is 0 Å². The molecule has 0 radical (unpaired) electrons. The van der Waals surface area contributed by atoms with E-state index in [4.69, 9.17) is 5.26 Å². The topological polar surface area (TPSA) is 27.0 Å². The first-order chi connectivity index (χ1) is 15.3. The van der Waals surface area contributed by atoms with E-state index in [1.54, 1.807) is 6.07 Å². The summed E-state index contributed by atoms with van der Waals surface area (Å²) in [4.78, 5) is 2.50. The van der Waals surface area contributed by atoms with Crippen LogP contribution in [0.4, 0.5) is 13.2 Å². The lowest BCUT2D eigenvalue weighted by atomic mass is 9.69. The highest BCUT2D eigenvalue weighted by Crippen LogP contribution is 2.50. The van der Waals surface area contributed by atoms with E-state index in [-0.39, 0.29) is 12.3 Å². The van der Waals surface area contributed by atoms with E-state index < -0.39 is 12.1 Å². The van der Waals surface area contributed by atoms with E-state index in [2.05, 4.69) is 43.0 Å². The first-order valence-electron chi connectivity index (χ1n) is 11.5. The largest absolute Gasteiger partial charge is 0.392 e. The van der Waals surface area contributed by atoms with Crippen LogP contribution in [-0.4, -0.2) is 30.2 Å². The van der Waals surface area contributed by atoms with Gasteiger partial charge in [-0.3, -0.25) is 0 Å². The minimum absolute atomic E-state index is 0.267. The summed E-state index contributed by atoms with van der Waals surface area (Å²) in [5.41, 5.74) is 3.41. The Bertz CT molecular complexity index is 825.